The number of carbonyl (C=O) groups is 2. The van der Waals surface area contributed by atoms with Crippen LogP contribution in [-0.2, 0) is 14.9 Å². The summed E-state index contributed by atoms with van der Waals surface area (Å²) in [4.78, 5) is 24.5. The summed E-state index contributed by atoms with van der Waals surface area (Å²) < 4.78 is 6.48. The summed E-state index contributed by atoms with van der Waals surface area (Å²) in [5, 5.41) is 10.2. The van der Waals surface area contributed by atoms with Gasteiger partial charge in [-0.2, -0.15) is 5.10 Å². The molecule has 0 aliphatic carbocycles. The first-order valence-corrected chi connectivity index (χ1v) is 9.36. The average Bonchev–Trinajstić information content (AvgIpc) is 3.03. The largest absolute Gasteiger partial charge is 0.467 e. The first-order chi connectivity index (χ1) is 13.0. The molecule has 2 N–H and O–H groups in total. The highest BCUT2D eigenvalue weighted by Crippen LogP contribution is 2.26. The molecule has 7 heteroatoms. The van der Waals surface area contributed by atoms with Crippen molar-refractivity contribution in [3.8, 4) is 5.69 Å². The fourth-order valence-corrected chi connectivity index (χ4v) is 2.64. The molecule has 1 heterocycles. The van der Waals surface area contributed by atoms with Crippen LogP contribution in [0.2, 0.25) is 0 Å². The first-order valence-electron chi connectivity index (χ1n) is 9.36. The molecular formula is C21H30N4O3. The van der Waals surface area contributed by atoms with Crippen molar-refractivity contribution < 1.29 is 14.3 Å². The van der Waals surface area contributed by atoms with Gasteiger partial charge in [0.2, 0.25) is 0 Å². The zero-order valence-electron chi connectivity index (χ0n) is 17.7. The summed E-state index contributed by atoms with van der Waals surface area (Å²) in [6.45, 7) is 11.9. The number of amides is 2. The van der Waals surface area contributed by atoms with Crippen molar-refractivity contribution in [2.75, 3.05) is 12.4 Å². The molecule has 0 fully saturated rings. The Balaban J connectivity index is 2.33. The van der Waals surface area contributed by atoms with Gasteiger partial charge in [-0.15, -0.1) is 0 Å². The van der Waals surface area contributed by atoms with Crippen LogP contribution in [0, 0.1) is 12.8 Å². The molecule has 2 rings (SSSR count). The van der Waals surface area contributed by atoms with E-state index in [-0.39, 0.29) is 11.3 Å². The van der Waals surface area contributed by atoms with Crippen molar-refractivity contribution in [2.24, 2.45) is 5.92 Å². The minimum Gasteiger partial charge on any atom is -0.467 e. The van der Waals surface area contributed by atoms with E-state index in [9.17, 15) is 9.59 Å². The van der Waals surface area contributed by atoms with Crippen LogP contribution in [0.5, 0.6) is 0 Å². The Kier molecular flexibility index (Phi) is 6.48. The Labute approximate surface area is 166 Å². The maximum absolute atomic E-state index is 12.6. The van der Waals surface area contributed by atoms with Crippen LogP contribution < -0.4 is 10.6 Å². The van der Waals surface area contributed by atoms with Gasteiger partial charge in [-0.05, 0) is 25.0 Å². The molecule has 0 aliphatic heterocycles. The number of rotatable bonds is 5. The molecule has 7 nitrogen and oxygen atoms in total. The summed E-state index contributed by atoms with van der Waals surface area (Å²) in [6, 6.07) is 8.50. The molecule has 1 atom stereocenters. The monoisotopic (exact) mass is 386 g/mol. The molecule has 2 aromatic rings. The number of anilines is 1. The van der Waals surface area contributed by atoms with E-state index >= 15 is 0 Å². The summed E-state index contributed by atoms with van der Waals surface area (Å²) in [5.74, 6) is -0.0587. The lowest BCUT2D eigenvalue weighted by Crippen LogP contribution is -2.46. The van der Waals surface area contributed by atoms with Crippen LogP contribution >= 0.6 is 0 Å². The van der Waals surface area contributed by atoms with Gasteiger partial charge in [-0.25, -0.2) is 14.3 Å². The molecule has 1 aromatic carbocycles. The Morgan fingerprint density at radius 2 is 1.75 bits per heavy atom. The van der Waals surface area contributed by atoms with Gasteiger partial charge < -0.3 is 10.1 Å². The fourth-order valence-electron chi connectivity index (χ4n) is 2.64. The van der Waals surface area contributed by atoms with E-state index in [0.717, 1.165) is 16.9 Å². The number of hydrogen-bond acceptors (Lipinski definition) is 4. The molecule has 0 unspecified atom stereocenters. The molecule has 152 valence electrons. The highest BCUT2D eigenvalue weighted by Gasteiger charge is 2.26. The van der Waals surface area contributed by atoms with Gasteiger partial charge in [-0.1, -0.05) is 52.3 Å². The van der Waals surface area contributed by atoms with E-state index in [4.69, 9.17) is 4.74 Å². The number of urea groups is 1. The quantitative estimate of drug-likeness (QED) is 0.766. The van der Waals surface area contributed by atoms with Gasteiger partial charge in [0.15, 0.2) is 0 Å². The first kappa shape index (κ1) is 21.5. The lowest BCUT2D eigenvalue weighted by atomic mass is 9.92. The maximum Gasteiger partial charge on any atom is 0.328 e. The summed E-state index contributed by atoms with van der Waals surface area (Å²) in [5.41, 5.74) is 2.63. The molecule has 0 saturated carbocycles. The fraction of sp³-hybridized carbons (Fsp3) is 0.476. The second-order valence-corrected chi connectivity index (χ2v) is 8.26. The van der Waals surface area contributed by atoms with E-state index in [1.165, 1.54) is 7.11 Å². The normalized spacial score (nSPS) is 12.6. The Morgan fingerprint density at radius 3 is 2.25 bits per heavy atom. The second-order valence-electron chi connectivity index (χ2n) is 8.26. The zero-order chi connectivity index (χ0) is 21.1. The third-order valence-corrected chi connectivity index (χ3v) is 4.41. The number of aryl methyl sites for hydroxylation is 1. The molecule has 0 radical (unpaired) electrons. The number of carbonyl (C=O) groups excluding carboxylic acids is 2. The lowest BCUT2D eigenvalue weighted by molar-refractivity contribution is -0.143. The van der Waals surface area contributed by atoms with E-state index in [1.807, 2.05) is 51.1 Å². The smallest absolute Gasteiger partial charge is 0.328 e. The third-order valence-electron chi connectivity index (χ3n) is 4.41. The number of aromatic nitrogens is 2. The van der Waals surface area contributed by atoms with Crippen molar-refractivity contribution in [2.45, 2.75) is 53.0 Å². The summed E-state index contributed by atoms with van der Waals surface area (Å²) in [7, 11) is 1.30. The SMILES string of the molecule is COC(=O)[C@@H](NC(=O)Nc1cc(C(C)(C)C)nn1-c1ccc(C)cc1)C(C)C. The molecular weight excluding hydrogens is 356 g/mol. The van der Waals surface area contributed by atoms with E-state index < -0.39 is 18.0 Å². The van der Waals surface area contributed by atoms with Crippen molar-refractivity contribution >= 4 is 17.8 Å². The Morgan fingerprint density at radius 1 is 1.14 bits per heavy atom. The maximum atomic E-state index is 12.6. The molecule has 0 bridgehead atoms. The number of nitrogens with one attached hydrogen (secondary N) is 2. The summed E-state index contributed by atoms with van der Waals surface area (Å²) >= 11 is 0. The van der Waals surface area contributed by atoms with Crippen molar-refractivity contribution in [3.05, 3.63) is 41.6 Å². The Bertz CT molecular complexity index is 832. The van der Waals surface area contributed by atoms with Gasteiger partial charge in [0.05, 0.1) is 18.5 Å². The Hall–Kier alpha value is -2.83. The third kappa shape index (κ3) is 5.12. The van der Waals surface area contributed by atoms with E-state index in [0.29, 0.717) is 5.82 Å². The number of esters is 1. The molecule has 2 amide bonds. The standard InChI is InChI=1S/C21H30N4O3/c1-13(2)18(19(26)28-7)23-20(27)22-17-12-16(21(4,5)6)24-25(17)15-10-8-14(3)9-11-15/h8-13,18H,1-7H3,(H2,22,23,27)/t18-/m0/s1. The number of methoxy groups -OCH3 is 1. The zero-order valence-corrected chi connectivity index (χ0v) is 17.7. The van der Waals surface area contributed by atoms with Crippen molar-refractivity contribution in [1.29, 1.82) is 0 Å². The van der Waals surface area contributed by atoms with E-state index in [1.54, 1.807) is 4.68 Å². The van der Waals surface area contributed by atoms with E-state index in [2.05, 4.69) is 36.5 Å². The average molecular weight is 386 g/mol. The number of benzene rings is 1. The minimum absolute atomic E-state index is 0.106. The van der Waals surface area contributed by atoms with Crippen molar-refractivity contribution in [1.82, 2.24) is 15.1 Å². The van der Waals surface area contributed by atoms with Gasteiger partial charge >= 0.3 is 12.0 Å². The van der Waals surface area contributed by atoms with Crippen LogP contribution in [0.4, 0.5) is 10.6 Å². The second kappa shape index (κ2) is 8.46. The van der Waals surface area contributed by atoms with Crippen LogP contribution in [-0.4, -0.2) is 34.9 Å². The van der Waals surface area contributed by atoms with Gasteiger partial charge in [-0.3, -0.25) is 5.32 Å². The number of hydrogen-bond donors (Lipinski definition) is 2. The summed E-state index contributed by atoms with van der Waals surface area (Å²) in [6.07, 6.45) is 0. The van der Waals surface area contributed by atoms with Crippen molar-refractivity contribution in [3.63, 3.8) is 0 Å². The van der Waals surface area contributed by atoms with Crippen LogP contribution in [0.3, 0.4) is 0 Å². The van der Waals surface area contributed by atoms with Crippen LogP contribution in [0.15, 0.2) is 30.3 Å². The molecule has 0 spiro atoms. The molecule has 0 saturated heterocycles. The van der Waals surface area contributed by atoms with Crippen LogP contribution in [0.25, 0.3) is 5.69 Å². The van der Waals surface area contributed by atoms with Gasteiger partial charge in [0.1, 0.15) is 11.9 Å². The van der Waals surface area contributed by atoms with Gasteiger partial charge in [0, 0.05) is 11.5 Å². The minimum atomic E-state index is -0.733. The predicted molar refractivity (Wildman–Crippen MR) is 110 cm³/mol. The molecule has 28 heavy (non-hydrogen) atoms. The molecule has 1 aromatic heterocycles. The highest BCUT2D eigenvalue weighted by atomic mass is 16.5. The topological polar surface area (TPSA) is 85.2 Å². The lowest BCUT2D eigenvalue weighted by Gasteiger charge is -2.20. The number of nitrogens with zero attached hydrogens (tertiary/aromatic N) is 2. The van der Waals surface area contributed by atoms with Gasteiger partial charge in [0.25, 0.3) is 0 Å². The molecule has 0 aliphatic rings. The van der Waals surface area contributed by atoms with Crippen LogP contribution in [0.1, 0.15) is 45.9 Å². The number of ether oxygens (including phenoxy) is 1. The predicted octanol–water partition coefficient (Wildman–Crippen LogP) is 3.80. The highest BCUT2D eigenvalue weighted by molar-refractivity contribution is 5.92.